The van der Waals surface area contributed by atoms with Crippen LogP contribution >= 0.6 is 0 Å². The van der Waals surface area contributed by atoms with Gasteiger partial charge in [-0.3, -0.25) is 9.59 Å². The Hall–Kier alpha value is -3.09. The van der Waals surface area contributed by atoms with Gasteiger partial charge in [-0.15, -0.1) is 0 Å². The minimum atomic E-state index is -0.367. The lowest BCUT2D eigenvalue weighted by Gasteiger charge is -2.19. The van der Waals surface area contributed by atoms with Crippen molar-refractivity contribution in [2.75, 3.05) is 13.7 Å². The maximum atomic E-state index is 12.7. The zero-order chi connectivity index (χ0) is 18.8. The minimum absolute atomic E-state index is 0.0457. The van der Waals surface area contributed by atoms with Gasteiger partial charge in [0, 0.05) is 6.42 Å². The quantitative estimate of drug-likeness (QED) is 0.732. The Bertz CT molecular complexity index is 853. The average Bonchev–Trinajstić information content (AvgIpc) is 3.23. The molecule has 1 atom stereocenters. The molecule has 1 aliphatic heterocycles. The van der Waals surface area contributed by atoms with Gasteiger partial charge in [0.15, 0.2) is 6.61 Å². The largest absolute Gasteiger partial charge is 0.497 e. The summed E-state index contributed by atoms with van der Waals surface area (Å²) in [5.74, 6) is 0.671. The highest BCUT2D eigenvalue weighted by Crippen LogP contribution is 2.34. The molecule has 27 heavy (non-hydrogen) atoms. The van der Waals surface area contributed by atoms with E-state index in [9.17, 15) is 9.59 Å². The van der Waals surface area contributed by atoms with Crippen LogP contribution in [0.5, 0.6) is 5.75 Å². The second kappa shape index (κ2) is 7.26. The topological polar surface area (TPSA) is 81.3 Å². The molecule has 0 unspecified atom stereocenters. The van der Waals surface area contributed by atoms with Gasteiger partial charge in [0.1, 0.15) is 17.6 Å². The molecule has 4 rings (SSSR count). The van der Waals surface area contributed by atoms with Gasteiger partial charge in [-0.1, -0.05) is 0 Å². The predicted octanol–water partition coefficient (Wildman–Crippen LogP) is 2.92. The first kappa shape index (κ1) is 17.3. The molecule has 140 valence electrons. The van der Waals surface area contributed by atoms with E-state index in [1.165, 1.54) is 5.01 Å². The number of amides is 1. The van der Waals surface area contributed by atoms with Crippen molar-refractivity contribution in [3.05, 3.63) is 54.0 Å². The highest BCUT2D eigenvalue weighted by molar-refractivity contribution is 6.03. The fourth-order valence-corrected chi connectivity index (χ4v) is 3.04. The molecule has 7 nitrogen and oxygen atoms in total. The van der Waals surface area contributed by atoms with Gasteiger partial charge >= 0.3 is 5.97 Å². The number of methoxy groups -OCH3 is 1. The number of benzene rings is 1. The number of furan rings is 1. The van der Waals surface area contributed by atoms with Crippen LogP contribution < -0.4 is 4.74 Å². The Morgan fingerprint density at radius 2 is 2.00 bits per heavy atom. The Kier molecular flexibility index (Phi) is 4.66. The second-order valence-electron chi connectivity index (χ2n) is 6.63. The molecule has 1 saturated carbocycles. The second-order valence-corrected chi connectivity index (χ2v) is 6.63. The van der Waals surface area contributed by atoms with Gasteiger partial charge in [0.25, 0.3) is 5.91 Å². The monoisotopic (exact) mass is 368 g/mol. The van der Waals surface area contributed by atoms with Crippen LogP contribution in [0, 0.1) is 5.92 Å². The fourth-order valence-electron chi connectivity index (χ4n) is 3.04. The third-order valence-corrected chi connectivity index (χ3v) is 4.71. The summed E-state index contributed by atoms with van der Waals surface area (Å²) >= 11 is 0. The Labute approximate surface area is 156 Å². The van der Waals surface area contributed by atoms with E-state index >= 15 is 0 Å². The molecule has 0 spiro atoms. The van der Waals surface area contributed by atoms with E-state index in [2.05, 4.69) is 5.10 Å². The predicted molar refractivity (Wildman–Crippen MR) is 96.1 cm³/mol. The van der Waals surface area contributed by atoms with Crippen molar-refractivity contribution < 1.29 is 23.5 Å². The number of carbonyl (C=O) groups is 2. The van der Waals surface area contributed by atoms with E-state index in [-0.39, 0.29) is 30.4 Å². The van der Waals surface area contributed by atoms with E-state index in [0.717, 1.165) is 29.9 Å². The van der Waals surface area contributed by atoms with Crippen LogP contribution in [0.2, 0.25) is 0 Å². The number of hydrazone groups is 1. The highest BCUT2D eigenvalue weighted by atomic mass is 16.5. The van der Waals surface area contributed by atoms with Crippen molar-refractivity contribution in [2.45, 2.75) is 25.3 Å². The summed E-state index contributed by atoms with van der Waals surface area (Å²) in [6.45, 7) is -0.314. The van der Waals surface area contributed by atoms with Crippen molar-refractivity contribution in [2.24, 2.45) is 11.0 Å². The van der Waals surface area contributed by atoms with Gasteiger partial charge in [-0.25, -0.2) is 5.01 Å². The summed E-state index contributed by atoms with van der Waals surface area (Å²) in [7, 11) is 1.61. The first-order chi connectivity index (χ1) is 13.2. The first-order valence-corrected chi connectivity index (χ1v) is 8.89. The molecule has 0 bridgehead atoms. The zero-order valence-electron chi connectivity index (χ0n) is 15.0. The first-order valence-electron chi connectivity index (χ1n) is 8.89. The van der Waals surface area contributed by atoms with Crippen molar-refractivity contribution in [3.63, 3.8) is 0 Å². The van der Waals surface area contributed by atoms with Gasteiger partial charge < -0.3 is 13.9 Å². The Morgan fingerprint density at radius 3 is 2.63 bits per heavy atom. The van der Waals surface area contributed by atoms with Crippen LogP contribution in [0.4, 0.5) is 0 Å². The molecule has 0 saturated heterocycles. The third kappa shape index (κ3) is 3.72. The SMILES string of the molecule is COc1ccc(C2=NN(C(=O)COC(=O)C3CC3)[C@H](c3ccco3)C2)cc1. The molecule has 1 aromatic carbocycles. The number of rotatable bonds is 6. The van der Waals surface area contributed by atoms with Crippen LogP contribution in [-0.4, -0.2) is 36.3 Å². The van der Waals surface area contributed by atoms with Crippen molar-refractivity contribution in [1.82, 2.24) is 5.01 Å². The number of hydrogen-bond donors (Lipinski definition) is 0. The third-order valence-electron chi connectivity index (χ3n) is 4.71. The van der Waals surface area contributed by atoms with Crippen molar-refractivity contribution >= 4 is 17.6 Å². The number of esters is 1. The van der Waals surface area contributed by atoms with E-state index < -0.39 is 0 Å². The van der Waals surface area contributed by atoms with Crippen LogP contribution in [0.1, 0.15) is 36.6 Å². The molecule has 2 heterocycles. The highest BCUT2D eigenvalue weighted by Gasteiger charge is 2.36. The number of hydrogen-bond acceptors (Lipinski definition) is 6. The fraction of sp³-hybridized carbons (Fsp3) is 0.350. The number of ether oxygens (including phenoxy) is 2. The van der Waals surface area contributed by atoms with Crippen LogP contribution in [0.15, 0.2) is 52.2 Å². The van der Waals surface area contributed by atoms with Gasteiger partial charge in [0.05, 0.1) is 25.0 Å². The van der Waals surface area contributed by atoms with Gasteiger partial charge in [-0.2, -0.15) is 5.10 Å². The summed E-state index contributed by atoms with van der Waals surface area (Å²) in [6.07, 6.45) is 3.76. The summed E-state index contributed by atoms with van der Waals surface area (Å²) in [5.41, 5.74) is 1.67. The molecule has 1 fully saturated rings. The molecule has 1 amide bonds. The maximum Gasteiger partial charge on any atom is 0.309 e. The van der Waals surface area contributed by atoms with Gasteiger partial charge in [0.2, 0.25) is 0 Å². The normalized spacial score (nSPS) is 18.9. The zero-order valence-corrected chi connectivity index (χ0v) is 15.0. The van der Waals surface area contributed by atoms with E-state index in [0.29, 0.717) is 12.2 Å². The molecular formula is C20H20N2O5. The molecule has 7 heteroatoms. The summed E-state index contributed by atoms with van der Waals surface area (Å²) < 4.78 is 15.8. The molecule has 1 aliphatic carbocycles. The number of carbonyl (C=O) groups excluding carboxylic acids is 2. The summed E-state index contributed by atoms with van der Waals surface area (Å²) in [4.78, 5) is 24.4. The van der Waals surface area contributed by atoms with E-state index in [4.69, 9.17) is 13.9 Å². The molecule has 2 aromatic rings. The maximum absolute atomic E-state index is 12.7. The Balaban J connectivity index is 1.53. The standard InChI is InChI=1S/C20H20N2O5/c1-25-15-8-6-13(7-9-15)16-11-17(18-3-2-10-26-18)22(21-16)19(23)12-27-20(24)14-4-5-14/h2-3,6-10,14,17H,4-5,11-12H2,1H3/t17-/m0/s1. The lowest BCUT2D eigenvalue weighted by atomic mass is 10.0. The van der Waals surface area contributed by atoms with E-state index in [1.54, 1.807) is 19.4 Å². The van der Waals surface area contributed by atoms with Crippen LogP contribution in [-0.2, 0) is 14.3 Å². The summed E-state index contributed by atoms with van der Waals surface area (Å²) in [5, 5.41) is 5.86. The Morgan fingerprint density at radius 1 is 1.22 bits per heavy atom. The smallest absolute Gasteiger partial charge is 0.309 e. The van der Waals surface area contributed by atoms with Gasteiger partial charge in [-0.05, 0) is 54.8 Å². The van der Waals surface area contributed by atoms with Crippen LogP contribution in [0.25, 0.3) is 0 Å². The lowest BCUT2D eigenvalue weighted by Crippen LogP contribution is -2.31. The van der Waals surface area contributed by atoms with Crippen molar-refractivity contribution in [1.29, 1.82) is 0 Å². The molecular weight excluding hydrogens is 348 g/mol. The number of nitrogens with zero attached hydrogens (tertiary/aromatic N) is 2. The average molecular weight is 368 g/mol. The van der Waals surface area contributed by atoms with E-state index in [1.807, 2.05) is 30.3 Å². The molecule has 0 N–H and O–H groups in total. The lowest BCUT2D eigenvalue weighted by molar-refractivity contribution is -0.154. The van der Waals surface area contributed by atoms with Crippen molar-refractivity contribution in [3.8, 4) is 5.75 Å². The summed E-state index contributed by atoms with van der Waals surface area (Å²) in [6, 6.07) is 10.7. The molecule has 0 radical (unpaired) electrons. The van der Waals surface area contributed by atoms with Crippen LogP contribution in [0.3, 0.4) is 0 Å². The molecule has 2 aliphatic rings. The molecule has 1 aromatic heterocycles. The minimum Gasteiger partial charge on any atom is -0.497 e.